The summed E-state index contributed by atoms with van der Waals surface area (Å²) in [7, 11) is 1.24. The van der Waals surface area contributed by atoms with Gasteiger partial charge in [0.05, 0.1) is 0 Å². The molecule has 2 bridgehead atoms. The lowest BCUT2D eigenvalue weighted by Gasteiger charge is -2.19. The summed E-state index contributed by atoms with van der Waals surface area (Å²) in [5, 5.41) is 4.23. The minimum absolute atomic E-state index is 0.727. The van der Waals surface area contributed by atoms with Gasteiger partial charge in [-0.1, -0.05) is 6.92 Å². The molecule has 0 amide bonds. The number of hydrogen-bond donors (Lipinski definition) is 1. The third-order valence-corrected chi connectivity index (χ3v) is 4.18. The predicted molar refractivity (Wildman–Crippen MR) is 38.0 cm³/mol. The first-order valence-electron chi connectivity index (χ1n) is 3.27. The van der Waals surface area contributed by atoms with E-state index in [9.17, 15) is 0 Å². The van der Waals surface area contributed by atoms with Gasteiger partial charge in [-0.2, -0.15) is 0 Å². The van der Waals surface area contributed by atoms with E-state index in [2.05, 4.69) is 12.2 Å². The van der Waals surface area contributed by atoms with E-state index in [4.69, 9.17) is 0 Å². The smallest absolute Gasteiger partial charge is 0.0113 e. The number of hydrogen-bond acceptors (Lipinski definition) is 1. The second-order valence-electron chi connectivity index (χ2n) is 3.22. The van der Waals surface area contributed by atoms with Gasteiger partial charge in [0, 0.05) is 12.6 Å². The van der Waals surface area contributed by atoms with Gasteiger partial charge in [-0.3, -0.25) is 0 Å². The summed E-state index contributed by atoms with van der Waals surface area (Å²) in [6.45, 7) is 3.70. The van der Waals surface area contributed by atoms with Gasteiger partial charge in [0.1, 0.15) is 0 Å². The van der Waals surface area contributed by atoms with Crippen molar-refractivity contribution in [3.63, 3.8) is 0 Å². The normalized spacial score (nSPS) is 55.9. The van der Waals surface area contributed by atoms with Crippen molar-refractivity contribution in [2.75, 3.05) is 12.7 Å². The Morgan fingerprint density at radius 2 is 2.62 bits per heavy atom. The van der Waals surface area contributed by atoms with Crippen LogP contribution < -0.4 is 5.32 Å². The first kappa shape index (κ1) is 5.20. The van der Waals surface area contributed by atoms with Crippen LogP contribution in [-0.4, -0.2) is 23.9 Å². The predicted octanol–water partition coefficient (Wildman–Crippen LogP) is 0.799. The summed E-state index contributed by atoms with van der Waals surface area (Å²) in [5.74, 6) is 0. The van der Waals surface area contributed by atoms with Crippen LogP contribution in [0.3, 0.4) is 0 Å². The van der Waals surface area contributed by atoms with Crippen LogP contribution in [0, 0.1) is 0 Å². The van der Waals surface area contributed by atoms with Crippen molar-refractivity contribution >= 4 is 8.58 Å². The number of fused-ring (bicyclic) bond motifs is 2. The lowest BCUT2D eigenvalue weighted by atomic mass is 10.1. The summed E-state index contributed by atoms with van der Waals surface area (Å²) >= 11 is 0. The Morgan fingerprint density at radius 3 is 2.75 bits per heavy atom. The van der Waals surface area contributed by atoms with Gasteiger partial charge >= 0.3 is 0 Å². The molecule has 3 atom stereocenters. The molecule has 2 rings (SSSR count). The minimum atomic E-state index is 0.727. The molecule has 0 aromatic heterocycles. The molecule has 2 heterocycles. The third kappa shape index (κ3) is 0.614. The molecule has 2 aliphatic rings. The Kier molecular flexibility index (Phi) is 0.947. The molecule has 2 fully saturated rings. The average molecular weight is 129 g/mol. The molecule has 0 aromatic carbocycles. The fraction of sp³-hybridized carbons (Fsp3) is 1.00. The van der Waals surface area contributed by atoms with E-state index >= 15 is 0 Å². The molecule has 0 saturated carbocycles. The number of nitrogens with one attached hydrogen (secondary N) is 1. The zero-order chi connectivity index (χ0) is 5.61. The molecule has 1 nitrogen and oxygen atoms in total. The van der Waals surface area contributed by atoms with E-state index < -0.39 is 0 Å². The maximum atomic E-state index is 3.50. The fourth-order valence-corrected chi connectivity index (χ4v) is 3.35. The monoisotopic (exact) mass is 129 g/mol. The van der Waals surface area contributed by atoms with Crippen LogP contribution in [-0.2, 0) is 0 Å². The van der Waals surface area contributed by atoms with Gasteiger partial charge in [-0.05, 0) is 17.7 Å². The second kappa shape index (κ2) is 1.46. The van der Waals surface area contributed by atoms with Gasteiger partial charge in [0.15, 0.2) is 0 Å². The molecule has 2 heteroatoms. The summed E-state index contributed by atoms with van der Waals surface area (Å²) in [6, 6.07) is 0.901. The van der Waals surface area contributed by atoms with Crippen LogP contribution in [0.15, 0.2) is 0 Å². The lowest BCUT2D eigenvalue weighted by molar-refractivity contribution is 0.677. The zero-order valence-corrected chi connectivity index (χ0v) is 6.20. The van der Waals surface area contributed by atoms with Crippen molar-refractivity contribution in [1.29, 1.82) is 0 Å². The van der Waals surface area contributed by atoms with Crippen LogP contribution >= 0.6 is 8.58 Å². The summed E-state index contributed by atoms with van der Waals surface area (Å²) in [5.41, 5.74) is 0. The Morgan fingerprint density at radius 1 is 1.75 bits per heavy atom. The first-order valence-corrected chi connectivity index (χ1v) is 4.48. The van der Waals surface area contributed by atoms with Gasteiger partial charge in [0.2, 0.25) is 0 Å². The van der Waals surface area contributed by atoms with E-state index in [1.165, 1.54) is 27.7 Å². The third-order valence-electron chi connectivity index (χ3n) is 2.25. The molecule has 0 aliphatic carbocycles. The van der Waals surface area contributed by atoms with Gasteiger partial charge < -0.3 is 5.32 Å². The molecule has 0 radical (unpaired) electrons. The van der Waals surface area contributed by atoms with Gasteiger partial charge in [-0.25, -0.2) is 0 Å². The Labute approximate surface area is 52.0 Å². The number of rotatable bonds is 0. The molecule has 8 heavy (non-hydrogen) atoms. The van der Waals surface area contributed by atoms with Crippen LogP contribution in [0.2, 0.25) is 0 Å². The average Bonchev–Trinajstić information content (AvgIpc) is 2.21. The van der Waals surface area contributed by atoms with Crippen molar-refractivity contribution in [2.24, 2.45) is 0 Å². The Bertz CT molecular complexity index is 105. The largest absolute Gasteiger partial charge is 0.313 e. The zero-order valence-electron chi connectivity index (χ0n) is 5.20. The molecule has 0 aromatic rings. The van der Waals surface area contributed by atoms with Crippen LogP contribution in [0.1, 0.15) is 13.3 Å². The van der Waals surface area contributed by atoms with Crippen LogP contribution in [0.4, 0.5) is 0 Å². The summed E-state index contributed by atoms with van der Waals surface area (Å²) < 4.78 is 0. The van der Waals surface area contributed by atoms with Crippen molar-refractivity contribution in [2.45, 2.75) is 24.5 Å². The molecule has 2 saturated heterocycles. The maximum Gasteiger partial charge on any atom is 0.0113 e. The first-order chi connectivity index (χ1) is 3.79. The fourth-order valence-electron chi connectivity index (χ4n) is 1.71. The molecular weight excluding hydrogens is 117 g/mol. The Balaban J connectivity index is 2.19. The highest BCUT2D eigenvalue weighted by Gasteiger charge is 2.40. The summed E-state index contributed by atoms with van der Waals surface area (Å²) in [6.07, 6.45) is 2.90. The van der Waals surface area contributed by atoms with Gasteiger partial charge in [0.25, 0.3) is 0 Å². The van der Waals surface area contributed by atoms with Crippen LogP contribution in [0.25, 0.3) is 0 Å². The molecule has 2 aliphatic heterocycles. The molecule has 0 spiro atoms. The van der Waals surface area contributed by atoms with E-state index in [0.29, 0.717) is 0 Å². The lowest BCUT2D eigenvalue weighted by Crippen LogP contribution is -2.29. The quantitative estimate of drug-likeness (QED) is 0.477. The second-order valence-corrected chi connectivity index (χ2v) is 5.19. The summed E-state index contributed by atoms with van der Waals surface area (Å²) in [4.78, 5) is 0. The van der Waals surface area contributed by atoms with E-state index in [0.717, 1.165) is 11.2 Å². The highest BCUT2D eigenvalue weighted by molar-refractivity contribution is 7.40. The van der Waals surface area contributed by atoms with E-state index in [-0.39, 0.29) is 0 Å². The molecular formula is C6H12NP. The minimum Gasteiger partial charge on any atom is -0.313 e. The molecule has 3 unspecified atom stereocenters. The topological polar surface area (TPSA) is 12.0 Å². The highest BCUT2D eigenvalue weighted by Crippen LogP contribution is 2.46. The van der Waals surface area contributed by atoms with Crippen molar-refractivity contribution in [3.8, 4) is 0 Å². The maximum absolute atomic E-state index is 3.50. The van der Waals surface area contributed by atoms with Crippen molar-refractivity contribution < 1.29 is 0 Å². The van der Waals surface area contributed by atoms with Crippen LogP contribution in [0.5, 0.6) is 0 Å². The van der Waals surface area contributed by atoms with Crippen molar-refractivity contribution in [1.82, 2.24) is 5.32 Å². The highest BCUT2D eigenvalue weighted by atomic mass is 31.1. The molecule has 46 valence electrons. The standard InChI is InChI=1S/C6H12NP/c1-6-2-5(3-8-6)7-4-6/h5,7-8H,2-4H2,1H3. The van der Waals surface area contributed by atoms with E-state index in [1.54, 1.807) is 0 Å². The Hall–Kier alpha value is 0.390. The SMILES string of the molecule is CC12CNC(CP1)C2. The van der Waals surface area contributed by atoms with E-state index in [1.807, 2.05) is 0 Å². The molecule has 1 N–H and O–H groups in total. The van der Waals surface area contributed by atoms with Crippen molar-refractivity contribution in [3.05, 3.63) is 0 Å². The van der Waals surface area contributed by atoms with Gasteiger partial charge in [-0.15, -0.1) is 8.58 Å².